The van der Waals surface area contributed by atoms with Gasteiger partial charge in [-0.2, -0.15) is 0 Å². The second kappa shape index (κ2) is 4.21. The normalized spacial score (nSPS) is 13.3. The predicted molar refractivity (Wildman–Crippen MR) is 46.3 cm³/mol. The van der Waals surface area contributed by atoms with Crippen LogP contribution in [0.15, 0.2) is 30.3 Å². The summed E-state index contributed by atoms with van der Waals surface area (Å²) in [6.07, 6.45) is -0.955. The molecule has 0 aliphatic heterocycles. The van der Waals surface area contributed by atoms with Gasteiger partial charge in [-0.15, -0.1) is 0 Å². The quantitative estimate of drug-likeness (QED) is 0.549. The lowest BCUT2D eigenvalue weighted by Gasteiger charge is -2.12. The van der Waals surface area contributed by atoms with E-state index in [-0.39, 0.29) is 0 Å². The minimum Gasteiger partial charge on any atom is -0.367 e. The second-order valence-electron chi connectivity index (χ2n) is 2.77. The number of rotatable bonds is 3. The Bertz CT molecular complexity index is 223. The summed E-state index contributed by atoms with van der Waals surface area (Å²) in [5.74, 6) is 0. The van der Waals surface area contributed by atoms with E-state index >= 15 is 0 Å². The fraction of sp³-hybridized carbons (Fsp3) is 0.333. The van der Waals surface area contributed by atoms with Crippen LogP contribution < -0.4 is 5.73 Å². The van der Waals surface area contributed by atoms with Gasteiger partial charge in [-0.05, 0) is 12.0 Å². The third-order valence-corrected chi connectivity index (χ3v) is 1.70. The Kier molecular flexibility index (Phi) is 3.22. The number of benzene rings is 1. The van der Waals surface area contributed by atoms with E-state index in [9.17, 15) is 0 Å². The van der Waals surface area contributed by atoms with Gasteiger partial charge in [0.25, 0.3) is 0 Å². The van der Waals surface area contributed by atoms with Gasteiger partial charge in [0.1, 0.15) is 0 Å². The van der Waals surface area contributed by atoms with Gasteiger partial charge in [0.05, 0.1) is 6.04 Å². The maximum Gasteiger partial charge on any atom is 0.167 e. The van der Waals surface area contributed by atoms with E-state index in [2.05, 4.69) is 0 Å². The molecular formula is C9H13NO2. The summed E-state index contributed by atoms with van der Waals surface area (Å²) in [5.41, 5.74) is 6.46. The molecule has 0 bridgehead atoms. The topological polar surface area (TPSA) is 66.5 Å². The summed E-state index contributed by atoms with van der Waals surface area (Å²) in [5, 5.41) is 17.4. The average molecular weight is 167 g/mol. The van der Waals surface area contributed by atoms with Gasteiger partial charge in [-0.1, -0.05) is 30.3 Å². The third-order valence-electron chi connectivity index (χ3n) is 1.70. The molecule has 1 unspecified atom stereocenters. The number of hydrogen-bond donors (Lipinski definition) is 3. The molecule has 3 heteroatoms. The van der Waals surface area contributed by atoms with Crippen LogP contribution in [0.4, 0.5) is 0 Å². The fourth-order valence-electron chi connectivity index (χ4n) is 0.992. The standard InChI is InChI=1S/C9H13NO2/c10-8(9(11)12)6-7-4-2-1-3-5-7/h1-5,8-9,11-12H,6,10H2. The highest BCUT2D eigenvalue weighted by Gasteiger charge is 2.10. The van der Waals surface area contributed by atoms with Crippen LogP contribution in [0.2, 0.25) is 0 Å². The first-order chi connectivity index (χ1) is 5.70. The molecule has 4 N–H and O–H groups in total. The summed E-state index contributed by atoms with van der Waals surface area (Å²) < 4.78 is 0. The molecule has 0 amide bonds. The molecule has 66 valence electrons. The van der Waals surface area contributed by atoms with Crippen molar-refractivity contribution in [3.8, 4) is 0 Å². The molecule has 0 aliphatic rings. The van der Waals surface area contributed by atoms with Crippen LogP contribution in [0, 0.1) is 0 Å². The van der Waals surface area contributed by atoms with Gasteiger partial charge in [-0.3, -0.25) is 0 Å². The number of hydrogen-bond acceptors (Lipinski definition) is 3. The first-order valence-electron chi connectivity index (χ1n) is 3.86. The van der Waals surface area contributed by atoms with Crippen molar-refractivity contribution in [1.29, 1.82) is 0 Å². The largest absolute Gasteiger partial charge is 0.367 e. The predicted octanol–water partition coefficient (Wildman–Crippen LogP) is -0.133. The van der Waals surface area contributed by atoms with Crippen molar-refractivity contribution in [2.75, 3.05) is 0 Å². The highest BCUT2D eigenvalue weighted by atomic mass is 16.5. The molecule has 0 spiro atoms. The van der Waals surface area contributed by atoms with Gasteiger partial charge in [-0.25, -0.2) is 0 Å². The van der Waals surface area contributed by atoms with Crippen molar-refractivity contribution in [1.82, 2.24) is 0 Å². The van der Waals surface area contributed by atoms with Crippen molar-refractivity contribution in [2.24, 2.45) is 5.73 Å². The SMILES string of the molecule is NC(Cc1ccccc1)C(O)O. The lowest BCUT2D eigenvalue weighted by atomic mass is 10.1. The highest BCUT2D eigenvalue weighted by molar-refractivity contribution is 5.15. The molecule has 1 aromatic rings. The molecule has 0 saturated heterocycles. The summed E-state index contributed by atoms with van der Waals surface area (Å²) in [6.45, 7) is 0. The molecule has 0 fully saturated rings. The van der Waals surface area contributed by atoms with Crippen LogP contribution in [-0.2, 0) is 6.42 Å². The Morgan fingerprint density at radius 2 is 1.75 bits per heavy atom. The fourth-order valence-corrected chi connectivity index (χ4v) is 0.992. The monoisotopic (exact) mass is 167 g/mol. The maximum atomic E-state index is 8.71. The average Bonchev–Trinajstić information content (AvgIpc) is 2.06. The van der Waals surface area contributed by atoms with Crippen LogP contribution in [0.25, 0.3) is 0 Å². The summed E-state index contributed by atoms with van der Waals surface area (Å²) >= 11 is 0. The van der Waals surface area contributed by atoms with Gasteiger partial charge in [0.15, 0.2) is 6.29 Å². The summed E-state index contributed by atoms with van der Waals surface area (Å²) in [6, 6.07) is 8.90. The van der Waals surface area contributed by atoms with Gasteiger partial charge in [0, 0.05) is 0 Å². The molecule has 3 nitrogen and oxygen atoms in total. The van der Waals surface area contributed by atoms with Crippen molar-refractivity contribution in [3.05, 3.63) is 35.9 Å². The molecule has 0 radical (unpaired) electrons. The van der Waals surface area contributed by atoms with Gasteiger partial charge < -0.3 is 15.9 Å². The minimum atomic E-state index is -1.44. The van der Waals surface area contributed by atoms with Gasteiger partial charge >= 0.3 is 0 Å². The summed E-state index contributed by atoms with van der Waals surface area (Å²) in [4.78, 5) is 0. The molecule has 0 aromatic heterocycles. The van der Waals surface area contributed by atoms with E-state index in [1.54, 1.807) is 0 Å². The van der Waals surface area contributed by atoms with Crippen molar-refractivity contribution in [3.63, 3.8) is 0 Å². The minimum absolute atomic E-state index is 0.485. The van der Waals surface area contributed by atoms with Crippen molar-refractivity contribution >= 4 is 0 Å². The first-order valence-corrected chi connectivity index (χ1v) is 3.86. The molecule has 1 atom stereocenters. The van der Waals surface area contributed by atoms with Crippen LogP contribution in [0.5, 0.6) is 0 Å². The van der Waals surface area contributed by atoms with Crippen molar-refractivity contribution < 1.29 is 10.2 Å². The van der Waals surface area contributed by atoms with E-state index in [0.717, 1.165) is 5.56 Å². The zero-order chi connectivity index (χ0) is 8.97. The lowest BCUT2D eigenvalue weighted by molar-refractivity contribution is -0.0577. The number of nitrogens with two attached hydrogens (primary N) is 1. The molecular weight excluding hydrogens is 154 g/mol. The molecule has 1 aromatic carbocycles. The van der Waals surface area contributed by atoms with Crippen LogP contribution in [-0.4, -0.2) is 22.5 Å². The number of aliphatic hydroxyl groups excluding tert-OH is 1. The first kappa shape index (κ1) is 9.19. The number of aliphatic hydroxyl groups is 2. The Hall–Kier alpha value is -0.900. The third kappa shape index (κ3) is 2.62. The maximum absolute atomic E-state index is 8.71. The lowest BCUT2D eigenvalue weighted by Crippen LogP contribution is -2.36. The molecule has 0 heterocycles. The molecule has 0 aliphatic carbocycles. The molecule has 1 rings (SSSR count). The summed E-state index contributed by atoms with van der Waals surface area (Å²) in [7, 11) is 0. The van der Waals surface area contributed by atoms with E-state index in [1.165, 1.54) is 0 Å². The Morgan fingerprint density at radius 3 is 2.25 bits per heavy atom. The van der Waals surface area contributed by atoms with Crippen LogP contribution in [0.3, 0.4) is 0 Å². The second-order valence-corrected chi connectivity index (χ2v) is 2.77. The van der Waals surface area contributed by atoms with E-state index in [0.29, 0.717) is 6.42 Å². The van der Waals surface area contributed by atoms with Crippen LogP contribution in [0.1, 0.15) is 5.56 Å². The highest BCUT2D eigenvalue weighted by Crippen LogP contribution is 2.02. The van der Waals surface area contributed by atoms with Gasteiger partial charge in [0.2, 0.25) is 0 Å². The Labute approximate surface area is 71.5 Å². The van der Waals surface area contributed by atoms with E-state index in [1.807, 2.05) is 30.3 Å². The smallest absolute Gasteiger partial charge is 0.167 e. The molecule has 0 saturated carbocycles. The Balaban J connectivity index is 2.53. The van der Waals surface area contributed by atoms with E-state index < -0.39 is 12.3 Å². The zero-order valence-corrected chi connectivity index (χ0v) is 6.72. The van der Waals surface area contributed by atoms with E-state index in [4.69, 9.17) is 15.9 Å². The molecule has 12 heavy (non-hydrogen) atoms. The van der Waals surface area contributed by atoms with Crippen molar-refractivity contribution in [2.45, 2.75) is 18.8 Å². The van der Waals surface area contributed by atoms with Crippen LogP contribution >= 0.6 is 0 Å². The zero-order valence-electron chi connectivity index (χ0n) is 6.72. The Morgan fingerprint density at radius 1 is 1.17 bits per heavy atom.